The lowest BCUT2D eigenvalue weighted by Crippen LogP contribution is -2.38. The molecule has 2 rings (SSSR count). The van der Waals surface area contributed by atoms with E-state index >= 15 is 0 Å². The first-order valence-corrected chi connectivity index (χ1v) is 6.05. The molecule has 3 N–H and O–H groups in total. The molecule has 1 unspecified atom stereocenters. The Hall–Kier alpha value is -0.810. The molecule has 0 bridgehead atoms. The molecule has 3 nitrogen and oxygen atoms in total. The molecule has 0 spiro atoms. The summed E-state index contributed by atoms with van der Waals surface area (Å²) in [5.41, 5.74) is 6.98. The van der Waals surface area contributed by atoms with Crippen molar-refractivity contribution in [1.29, 1.82) is 0 Å². The number of nitrogens with two attached hydrogens (primary N) is 1. The van der Waals surface area contributed by atoms with Gasteiger partial charge in [0.2, 0.25) is 0 Å². The Balaban J connectivity index is 2.29. The zero-order valence-electron chi connectivity index (χ0n) is 8.79. The summed E-state index contributed by atoms with van der Waals surface area (Å²) in [6.45, 7) is 1.40. The van der Waals surface area contributed by atoms with Crippen LogP contribution in [0, 0.1) is 5.82 Å². The van der Waals surface area contributed by atoms with Crippen LogP contribution in [0.1, 0.15) is 12.8 Å². The highest BCUT2D eigenvalue weighted by atomic mass is 79.9. The Morgan fingerprint density at radius 3 is 2.94 bits per heavy atom. The molecule has 16 heavy (non-hydrogen) atoms. The first-order chi connectivity index (χ1) is 7.58. The fourth-order valence-corrected chi connectivity index (χ4v) is 2.33. The second-order valence-corrected chi connectivity index (χ2v) is 4.92. The van der Waals surface area contributed by atoms with E-state index in [4.69, 9.17) is 5.73 Å². The monoisotopic (exact) mass is 288 g/mol. The SMILES string of the molecule is Nc1cc(F)c(Br)cc1N1CCCC(O)C1. The van der Waals surface area contributed by atoms with Crippen molar-refractivity contribution in [2.45, 2.75) is 18.9 Å². The van der Waals surface area contributed by atoms with Gasteiger partial charge in [-0.05, 0) is 34.8 Å². The minimum atomic E-state index is -0.362. The fourth-order valence-electron chi connectivity index (χ4n) is 2.00. The van der Waals surface area contributed by atoms with Crippen LogP contribution in [0.25, 0.3) is 0 Å². The van der Waals surface area contributed by atoms with Crippen LogP contribution in [0.3, 0.4) is 0 Å². The number of aliphatic hydroxyl groups is 1. The molecular formula is C11H14BrFN2O. The van der Waals surface area contributed by atoms with Crippen molar-refractivity contribution in [2.24, 2.45) is 0 Å². The lowest BCUT2D eigenvalue weighted by Gasteiger charge is -2.32. The highest BCUT2D eigenvalue weighted by Gasteiger charge is 2.20. The number of hydrogen-bond acceptors (Lipinski definition) is 3. The Kier molecular flexibility index (Phi) is 3.35. The van der Waals surface area contributed by atoms with E-state index in [9.17, 15) is 9.50 Å². The highest BCUT2D eigenvalue weighted by molar-refractivity contribution is 9.10. The number of aliphatic hydroxyl groups excluding tert-OH is 1. The summed E-state index contributed by atoms with van der Waals surface area (Å²) in [6.07, 6.45) is 1.42. The third kappa shape index (κ3) is 2.30. The van der Waals surface area contributed by atoms with Crippen LogP contribution in [0.2, 0.25) is 0 Å². The normalized spacial score (nSPS) is 21.2. The van der Waals surface area contributed by atoms with Crippen molar-refractivity contribution >= 4 is 27.3 Å². The van der Waals surface area contributed by atoms with Gasteiger partial charge in [-0.15, -0.1) is 0 Å². The summed E-state index contributed by atoms with van der Waals surface area (Å²) < 4.78 is 13.6. The van der Waals surface area contributed by atoms with Crippen molar-refractivity contribution < 1.29 is 9.50 Å². The smallest absolute Gasteiger partial charge is 0.139 e. The maximum atomic E-state index is 13.2. The van der Waals surface area contributed by atoms with Gasteiger partial charge in [-0.3, -0.25) is 0 Å². The second-order valence-electron chi connectivity index (χ2n) is 4.07. The Morgan fingerprint density at radius 1 is 1.50 bits per heavy atom. The van der Waals surface area contributed by atoms with Gasteiger partial charge in [0.25, 0.3) is 0 Å². The van der Waals surface area contributed by atoms with Gasteiger partial charge < -0.3 is 15.7 Å². The molecule has 1 saturated heterocycles. The van der Waals surface area contributed by atoms with Crippen molar-refractivity contribution in [3.8, 4) is 0 Å². The number of β-amino-alcohol motifs (C(OH)–C–C–N with tert-alkyl or cyclic N) is 1. The molecule has 1 aliphatic heterocycles. The van der Waals surface area contributed by atoms with Crippen LogP contribution in [0.5, 0.6) is 0 Å². The zero-order chi connectivity index (χ0) is 11.7. The number of nitrogens with zero attached hydrogens (tertiary/aromatic N) is 1. The Labute approximate surface area is 102 Å². The molecule has 1 aliphatic rings. The summed E-state index contributed by atoms with van der Waals surface area (Å²) in [6, 6.07) is 2.98. The molecule has 0 saturated carbocycles. The lowest BCUT2D eigenvalue weighted by atomic mass is 10.1. The van der Waals surface area contributed by atoms with Gasteiger partial charge in [-0.2, -0.15) is 0 Å². The van der Waals surface area contributed by atoms with Gasteiger partial charge in [0, 0.05) is 19.2 Å². The van der Waals surface area contributed by atoms with E-state index in [0.717, 1.165) is 25.1 Å². The highest BCUT2D eigenvalue weighted by Crippen LogP contribution is 2.31. The largest absolute Gasteiger partial charge is 0.397 e. The molecule has 0 aliphatic carbocycles. The Bertz CT molecular complexity index is 400. The topological polar surface area (TPSA) is 49.5 Å². The molecule has 0 aromatic heterocycles. The zero-order valence-corrected chi connectivity index (χ0v) is 10.4. The minimum Gasteiger partial charge on any atom is -0.397 e. The predicted molar refractivity (Wildman–Crippen MR) is 66.0 cm³/mol. The first kappa shape index (κ1) is 11.7. The maximum absolute atomic E-state index is 13.2. The van der Waals surface area contributed by atoms with Crippen LogP contribution in [0.15, 0.2) is 16.6 Å². The first-order valence-electron chi connectivity index (χ1n) is 5.25. The summed E-state index contributed by atoms with van der Waals surface area (Å²) >= 11 is 3.14. The molecule has 5 heteroatoms. The number of benzene rings is 1. The third-order valence-corrected chi connectivity index (χ3v) is 3.41. The van der Waals surface area contributed by atoms with E-state index < -0.39 is 0 Å². The van der Waals surface area contributed by atoms with Gasteiger partial charge in [0.15, 0.2) is 0 Å². The number of piperidine rings is 1. The van der Waals surface area contributed by atoms with Crippen molar-refractivity contribution in [1.82, 2.24) is 0 Å². The van der Waals surface area contributed by atoms with E-state index in [1.165, 1.54) is 6.07 Å². The van der Waals surface area contributed by atoms with Crippen LogP contribution in [-0.2, 0) is 0 Å². The number of hydrogen-bond donors (Lipinski definition) is 2. The molecule has 1 atom stereocenters. The van der Waals surface area contributed by atoms with E-state index in [-0.39, 0.29) is 11.9 Å². The number of halogens is 2. The number of anilines is 2. The fraction of sp³-hybridized carbons (Fsp3) is 0.455. The Morgan fingerprint density at radius 2 is 2.25 bits per heavy atom. The van der Waals surface area contributed by atoms with Crippen LogP contribution < -0.4 is 10.6 Å². The average Bonchev–Trinajstić information content (AvgIpc) is 2.23. The molecule has 0 radical (unpaired) electrons. The molecule has 1 aromatic carbocycles. The second kappa shape index (κ2) is 4.59. The van der Waals surface area contributed by atoms with Crippen molar-refractivity contribution in [2.75, 3.05) is 23.7 Å². The third-order valence-electron chi connectivity index (χ3n) is 2.81. The molecule has 88 valence electrons. The van der Waals surface area contributed by atoms with Gasteiger partial charge in [0.05, 0.1) is 22.0 Å². The standard InChI is InChI=1S/C11H14BrFN2O/c12-8-4-11(10(14)5-9(8)13)15-3-1-2-7(16)6-15/h4-5,7,16H,1-3,6,14H2. The molecule has 1 fully saturated rings. The van der Waals surface area contributed by atoms with Gasteiger partial charge in [-0.1, -0.05) is 0 Å². The quantitative estimate of drug-likeness (QED) is 0.779. The van der Waals surface area contributed by atoms with Crippen molar-refractivity contribution in [3.05, 3.63) is 22.4 Å². The minimum absolute atomic E-state index is 0.322. The molecule has 1 aromatic rings. The molecule has 0 amide bonds. The summed E-state index contributed by atoms with van der Waals surface area (Å²) in [5.74, 6) is -0.362. The van der Waals surface area contributed by atoms with Gasteiger partial charge in [-0.25, -0.2) is 4.39 Å². The van der Waals surface area contributed by atoms with Crippen LogP contribution in [-0.4, -0.2) is 24.3 Å². The average molecular weight is 289 g/mol. The van der Waals surface area contributed by atoms with Crippen molar-refractivity contribution in [3.63, 3.8) is 0 Å². The maximum Gasteiger partial charge on any atom is 0.139 e. The molecule has 1 heterocycles. The summed E-state index contributed by atoms with van der Waals surface area (Å²) in [7, 11) is 0. The van der Waals surface area contributed by atoms with Gasteiger partial charge >= 0.3 is 0 Å². The van der Waals surface area contributed by atoms with E-state index in [1.807, 2.05) is 4.90 Å². The van der Waals surface area contributed by atoms with E-state index in [1.54, 1.807) is 6.07 Å². The summed E-state index contributed by atoms with van der Waals surface area (Å²) in [5, 5.41) is 9.59. The number of nitrogen functional groups attached to an aromatic ring is 1. The number of rotatable bonds is 1. The van der Waals surface area contributed by atoms with E-state index in [2.05, 4.69) is 15.9 Å². The van der Waals surface area contributed by atoms with Crippen LogP contribution >= 0.6 is 15.9 Å². The van der Waals surface area contributed by atoms with Gasteiger partial charge in [0.1, 0.15) is 5.82 Å². The van der Waals surface area contributed by atoms with E-state index in [0.29, 0.717) is 16.7 Å². The molecular weight excluding hydrogens is 275 g/mol. The van der Waals surface area contributed by atoms with Crippen LogP contribution in [0.4, 0.5) is 15.8 Å². The summed E-state index contributed by atoms with van der Waals surface area (Å²) in [4.78, 5) is 1.99. The predicted octanol–water partition coefficient (Wildman–Crippen LogP) is 2.13. The lowest BCUT2D eigenvalue weighted by molar-refractivity contribution is 0.154.